The summed E-state index contributed by atoms with van der Waals surface area (Å²) >= 11 is 0. The van der Waals surface area contributed by atoms with Gasteiger partial charge in [0, 0.05) is 6.42 Å². The van der Waals surface area contributed by atoms with Gasteiger partial charge >= 0.3 is 17.9 Å². The quantitative estimate of drug-likeness (QED) is 0.0880. The molecular weight excluding hydrogens is 504 g/mol. The highest BCUT2D eigenvalue weighted by atomic mass is 16.5. The summed E-state index contributed by atoms with van der Waals surface area (Å²) in [5.41, 5.74) is 0.547. The summed E-state index contributed by atoms with van der Waals surface area (Å²) < 4.78 is 16.0. The van der Waals surface area contributed by atoms with Crippen molar-refractivity contribution in [3.63, 3.8) is 0 Å². The van der Waals surface area contributed by atoms with Gasteiger partial charge in [0.15, 0.2) is 0 Å². The van der Waals surface area contributed by atoms with E-state index in [0.29, 0.717) is 26.1 Å². The molecule has 40 heavy (non-hydrogen) atoms. The Labute approximate surface area is 241 Å². The molecule has 0 aliphatic heterocycles. The van der Waals surface area contributed by atoms with Crippen LogP contribution in [-0.2, 0) is 35.0 Å². The van der Waals surface area contributed by atoms with Gasteiger partial charge in [-0.2, -0.15) is 0 Å². The highest BCUT2D eigenvalue weighted by Gasteiger charge is 2.26. The molecule has 0 amide bonds. The van der Waals surface area contributed by atoms with Crippen LogP contribution in [0.2, 0.25) is 0 Å². The van der Waals surface area contributed by atoms with Crippen molar-refractivity contribution >= 4 is 28.7 Å². The zero-order valence-electron chi connectivity index (χ0n) is 25.0. The molecule has 2 aromatic carbocycles. The van der Waals surface area contributed by atoms with Gasteiger partial charge in [-0.05, 0) is 55.9 Å². The predicted molar refractivity (Wildman–Crippen MR) is 160 cm³/mol. The fourth-order valence-electron chi connectivity index (χ4n) is 4.44. The molecule has 0 bridgehead atoms. The van der Waals surface area contributed by atoms with Crippen molar-refractivity contribution in [1.29, 1.82) is 0 Å². The minimum Gasteiger partial charge on any atom is -0.466 e. The number of rotatable bonds is 21. The molecule has 0 aliphatic carbocycles. The SMILES string of the molecule is CCC(C)(C)C(=O)OCCCC(=O)OCCCCCCCCCCCCOC(=O)Cc1cccc2ccccc12. The van der Waals surface area contributed by atoms with Crippen molar-refractivity contribution in [1.82, 2.24) is 0 Å². The van der Waals surface area contributed by atoms with Crippen LogP contribution in [0.15, 0.2) is 42.5 Å². The maximum absolute atomic E-state index is 12.2. The molecule has 0 N–H and O–H groups in total. The smallest absolute Gasteiger partial charge is 0.311 e. The van der Waals surface area contributed by atoms with Crippen LogP contribution < -0.4 is 0 Å². The summed E-state index contributed by atoms with van der Waals surface area (Å²) in [6.07, 6.45) is 13.0. The van der Waals surface area contributed by atoms with Gasteiger partial charge < -0.3 is 14.2 Å². The van der Waals surface area contributed by atoms with E-state index in [9.17, 15) is 14.4 Å². The highest BCUT2D eigenvalue weighted by molar-refractivity contribution is 5.89. The molecule has 0 aliphatic rings. The summed E-state index contributed by atoms with van der Waals surface area (Å²) in [4.78, 5) is 35.9. The van der Waals surface area contributed by atoms with E-state index in [0.717, 1.165) is 54.9 Å². The fraction of sp³-hybridized carbons (Fsp3) is 0.618. The van der Waals surface area contributed by atoms with Gasteiger partial charge in [0.25, 0.3) is 0 Å². The van der Waals surface area contributed by atoms with E-state index in [-0.39, 0.29) is 30.9 Å². The molecule has 0 saturated heterocycles. The van der Waals surface area contributed by atoms with Crippen LogP contribution >= 0.6 is 0 Å². The Morgan fingerprint density at radius 3 is 1.77 bits per heavy atom. The van der Waals surface area contributed by atoms with Gasteiger partial charge in [-0.25, -0.2) is 0 Å². The van der Waals surface area contributed by atoms with Gasteiger partial charge in [-0.3, -0.25) is 14.4 Å². The Kier molecular flexibility index (Phi) is 16.0. The van der Waals surface area contributed by atoms with Crippen molar-refractivity contribution in [3.8, 4) is 0 Å². The third-order valence-electron chi connectivity index (χ3n) is 7.47. The second kappa shape index (κ2) is 19.2. The molecule has 0 spiro atoms. The van der Waals surface area contributed by atoms with E-state index >= 15 is 0 Å². The largest absolute Gasteiger partial charge is 0.466 e. The molecule has 0 unspecified atom stereocenters. The molecule has 6 heteroatoms. The third kappa shape index (κ3) is 13.5. The molecule has 0 saturated carbocycles. The topological polar surface area (TPSA) is 78.9 Å². The molecule has 0 atom stereocenters. The molecule has 0 aromatic heterocycles. The lowest BCUT2D eigenvalue weighted by atomic mass is 9.91. The summed E-state index contributed by atoms with van der Waals surface area (Å²) in [6, 6.07) is 14.2. The van der Waals surface area contributed by atoms with Crippen LogP contribution in [0.1, 0.15) is 110 Å². The van der Waals surface area contributed by atoms with E-state index in [1.54, 1.807) is 0 Å². The molecule has 0 fully saturated rings. The fourth-order valence-corrected chi connectivity index (χ4v) is 4.44. The summed E-state index contributed by atoms with van der Waals surface area (Å²) in [7, 11) is 0. The zero-order chi connectivity index (χ0) is 29.1. The van der Waals surface area contributed by atoms with E-state index in [1.807, 2.05) is 45.0 Å². The Hall–Kier alpha value is -2.89. The predicted octanol–water partition coefficient (Wildman–Crippen LogP) is 8.13. The minimum absolute atomic E-state index is 0.152. The Balaban J connectivity index is 1.34. The zero-order valence-corrected chi connectivity index (χ0v) is 25.0. The second-order valence-corrected chi connectivity index (χ2v) is 11.3. The number of ether oxygens (including phenoxy) is 3. The average molecular weight is 555 g/mol. The Bertz CT molecular complexity index is 1020. The average Bonchev–Trinajstić information content (AvgIpc) is 2.95. The molecule has 6 nitrogen and oxygen atoms in total. The maximum Gasteiger partial charge on any atom is 0.311 e. The molecular formula is C34H50O6. The number of fused-ring (bicyclic) bond motifs is 1. The van der Waals surface area contributed by atoms with Crippen molar-refractivity contribution in [2.75, 3.05) is 19.8 Å². The maximum atomic E-state index is 12.2. The van der Waals surface area contributed by atoms with Crippen LogP contribution in [0.3, 0.4) is 0 Å². The first-order valence-corrected chi connectivity index (χ1v) is 15.3. The van der Waals surface area contributed by atoms with Crippen molar-refractivity contribution in [2.24, 2.45) is 5.41 Å². The number of unbranched alkanes of at least 4 members (excludes halogenated alkanes) is 9. The van der Waals surface area contributed by atoms with Crippen molar-refractivity contribution in [2.45, 2.75) is 111 Å². The number of hydrogen-bond donors (Lipinski definition) is 0. The molecule has 222 valence electrons. The van der Waals surface area contributed by atoms with Gasteiger partial charge in [0.1, 0.15) is 0 Å². The van der Waals surface area contributed by atoms with E-state index in [2.05, 4.69) is 18.2 Å². The van der Waals surface area contributed by atoms with Gasteiger partial charge in [0.05, 0.1) is 31.7 Å². The molecule has 0 radical (unpaired) electrons. The van der Waals surface area contributed by atoms with Gasteiger partial charge in [0.2, 0.25) is 0 Å². The molecule has 2 rings (SSSR count). The highest BCUT2D eigenvalue weighted by Crippen LogP contribution is 2.22. The molecule has 2 aromatic rings. The molecule has 0 heterocycles. The number of benzene rings is 2. The summed E-state index contributed by atoms with van der Waals surface area (Å²) in [6.45, 7) is 6.91. The van der Waals surface area contributed by atoms with Crippen molar-refractivity contribution in [3.05, 3.63) is 48.0 Å². The lowest BCUT2D eigenvalue weighted by Crippen LogP contribution is -2.26. The van der Waals surface area contributed by atoms with Crippen LogP contribution in [0.4, 0.5) is 0 Å². The van der Waals surface area contributed by atoms with Crippen LogP contribution in [0.5, 0.6) is 0 Å². The standard InChI is InChI=1S/C34H50O6/c1-4-34(2,3)33(37)40-26-18-23-31(35)38-24-15-11-9-7-5-6-8-10-12-16-25-39-32(36)27-29-21-17-20-28-19-13-14-22-30(28)29/h13-14,17,19-22H,4-12,15-16,18,23-27H2,1-3H3. The van der Waals surface area contributed by atoms with E-state index in [1.165, 1.54) is 32.1 Å². The summed E-state index contributed by atoms with van der Waals surface area (Å²) in [5, 5.41) is 2.26. The first-order valence-electron chi connectivity index (χ1n) is 15.3. The van der Waals surface area contributed by atoms with Crippen LogP contribution in [0.25, 0.3) is 10.8 Å². The lowest BCUT2D eigenvalue weighted by molar-refractivity contribution is -0.155. The number of hydrogen-bond acceptors (Lipinski definition) is 6. The van der Waals surface area contributed by atoms with Crippen LogP contribution in [-0.4, -0.2) is 37.7 Å². The van der Waals surface area contributed by atoms with E-state index < -0.39 is 5.41 Å². The Morgan fingerprint density at radius 2 is 1.15 bits per heavy atom. The lowest BCUT2D eigenvalue weighted by Gasteiger charge is -2.20. The first-order chi connectivity index (χ1) is 19.3. The third-order valence-corrected chi connectivity index (χ3v) is 7.47. The monoisotopic (exact) mass is 554 g/mol. The normalized spacial score (nSPS) is 11.4. The number of carbonyl (C=O) groups is 3. The van der Waals surface area contributed by atoms with E-state index in [4.69, 9.17) is 14.2 Å². The second-order valence-electron chi connectivity index (χ2n) is 11.3. The van der Waals surface area contributed by atoms with Gasteiger partial charge in [-0.1, -0.05) is 101 Å². The Morgan fingerprint density at radius 1 is 0.625 bits per heavy atom. The number of carbonyl (C=O) groups excluding carboxylic acids is 3. The first kappa shape index (κ1) is 33.3. The van der Waals surface area contributed by atoms with Gasteiger partial charge in [-0.15, -0.1) is 0 Å². The van der Waals surface area contributed by atoms with Crippen molar-refractivity contribution < 1.29 is 28.6 Å². The summed E-state index contributed by atoms with van der Waals surface area (Å²) in [5.74, 6) is -0.583. The van der Waals surface area contributed by atoms with Crippen LogP contribution in [0, 0.1) is 5.41 Å². The minimum atomic E-state index is -0.474. The number of esters is 3.